The highest BCUT2D eigenvalue weighted by molar-refractivity contribution is 7.99. The Hall–Kier alpha value is -2.75. The lowest BCUT2D eigenvalue weighted by Gasteiger charge is -2.16. The number of rotatable bonds is 5. The standard InChI is InChI=1S/C24H20O2S/c1-26-20-13-10-18(11-14-20)24(25)22-8-4-5-9-23(22)27-21-15-12-17-6-2-3-7-19(17)16-21/h2-16,24-25H,1H3. The van der Waals surface area contributed by atoms with Gasteiger partial charge in [0.05, 0.1) is 7.11 Å². The molecular weight excluding hydrogens is 352 g/mol. The zero-order chi connectivity index (χ0) is 18.6. The lowest BCUT2D eigenvalue weighted by molar-refractivity contribution is 0.217. The topological polar surface area (TPSA) is 29.5 Å². The Labute approximate surface area is 163 Å². The zero-order valence-corrected chi connectivity index (χ0v) is 15.8. The molecule has 0 radical (unpaired) electrons. The maximum atomic E-state index is 10.9. The Bertz CT molecular complexity index is 1060. The van der Waals surface area contributed by atoms with Gasteiger partial charge in [0.1, 0.15) is 11.9 Å². The molecule has 134 valence electrons. The van der Waals surface area contributed by atoms with Gasteiger partial charge in [-0.05, 0) is 52.2 Å². The molecule has 1 N–H and O–H groups in total. The molecule has 0 aliphatic carbocycles. The van der Waals surface area contributed by atoms with Crippen LogP contribution >= 0.6 is 11.8 Å². The van der Waals surface area contributed by atoms with Gasteiger partial charge in [-0.3, -0.25) is 0 Å². The molecule has 0 spiro atoms. The third-order valence-electron chi connectivity index (χ3n) is 4.59. The molecule has 27 heavy (non-hydrogen) atoms. The first-order valence-corrected chi connectivity index (χ1v) is 9.64. The molecule has 0 aliphatic heterocycles. The van der Waals surface area contributed by atoms with E-state index in [4.69, 9.17) is 4.74 Å². The monoisotopic (exact) mass is 372 g/mol. The molecule has 2 nitrogen and oxygen atoms in total. The molecule has 0 amide bonds. The SMILES string of the molecule is COc1ccc(C(O)c2ccccc2Sc2ccc3ccccc3c2)cc1. The first-order chi connectivity index (χ1) is 13.2. The van der Waals surface area contributed by atoms with Gasteiger partial charge < -0.3 is 9.84 Å². The van der Waals surface area contributed by atoms with Gasteiger partial charge in [-0.25, -0.2) is 0 Å². The maximum Gasteiger partial charge on any atom is 0.118 e. The second kappa shape index (κ2) is 7.87. The highest BCUT2D eigenvalue weighted by Gasteiger charge is 2.15. The van der Waals surface area contributed by atoms with E-state index >= 15 is 0 Å². The van der Waals surface area contributed by atoms with Gasteiger partial charge in [0.25, 0.3) is 0 Å². The average molecular weight is 372 g/mol. The quantitative estimate of drug-likeness (QED) is 0.460. The van der Waals surface area contributed by atoms with Crippen molar-refractivity contribution >= 4 is 22.5 Å². The van der Waals surface area contributed by atoms with E-state index in [-0.39, 0.29) is 0 Å². The molecule has 0 saturated carbocycles. The summed E-state index contributed by atoms with van der Waals surface area (Å²) < 4.78 is 5.21. The van der Waals surface area contributed by atoms with Crippen molar-refractivity contribution in [3.8, 4) is 5.75 Å². The molecule has 3 heteroatoms. The molecule has 1 atom stereocenters. The van der Waals surface area contributed by atoms with Crippen LogP contribution in [0.1, 0.15) is 17.2 Å². The van der Waals surface area contributed by atoms with E-state index < -0.39 is 6.10 Å². The Morgan fingerprint density at radius 1 is 0.778 bits per heavy atom. The minimum Gasteiger partial charge on any atom is -0.497 e. The van der Waals surface area contributed by atoms with E-state index in [1.54, 1.807) is 18.9 Å². The first-order valence-electron chi connectivity index (χ1n) is 8.82. The summed E-state index contributed by atoms with van der Waals surface area (Å²) >= 11 is 1.68. The van der Waals surface area contributed by atoms with E-state index in [1.807, 2.05) is 42.5 Å². The van der Waals surface area contributed by atoms with Crippen LogP contribution in [0.5, 0.6) is 5.75 Å². The molecule has 0 heterocycles. The van der Waals surface area contributed by atoms with Crippen LogP contribution in [-0.2, 0) is 0 Å². The van der Waals surface area contributed by atoms with Gasteiger partial charge in [0.2, 0.25) is 0 Å². The lowest BCUT2D eigenvalue weighted by atomic mass is 10.0. The van der Waals surface area contributed by atoms with Gasteiger partial charge in [-0.1, -0.05) is 72.4 Å². The van der Waals surface area contributed by atoms with E-state index in [2.05, 4.69) is 48.5 Å². The summed E-state index contributed by atoms with van der Waals surface area (Å²) in [6, 6.07) is 30.4. The average Bonchev–Trinajstić information content (AvgIpc) is 2.73. The maximum absolute atomic E-state index is 10.9. The molecule has 0 aromatic heterocycles. The van der Waals surface area contributed by atoms with Gasteiger partial charge in [0.15, 0.2) is 0 Å². The van der Waals surface area contributed by atoms with Crippen LogP contribution in [0.4, 0.5) is 0 Å². The van der Waals surface area contributed by atoms with Gasteiger partial charge in [0, 0.05) is 9.79 Å². The number of methoxy groups -OCH3 is 1. The van der Waals surface area contributed by atoms with E-state index in [9.17, 15) is 5.11 Å². The van der Waals surface area contributed by atoms with Crippen LogP contribution in [0.25, 0.3) is 10.8 Å². The van der Waals surface area contributed by atoms with Crippen LogP contribution in [-0.4, -0.2) is 12.2 Å². The van der Waals surface area contributed by atoms with Crippen molar-refractivity contribution in [2.75, 3.05) is 7.11 Å². The van der Waals surface area contributed by atoms with Crippen LogP contribution in [0, 0.1) is 0 Å². The number of hydrogen-bond acceptors (Lipinski definition) is 3. The predicted molar refractivity (Wildman–Crippen MR) is 112 cm³/mol. The Kier molecular flexibility index (Phi) is 5.14. The number of fused-ring (bicyclic) bond motifs is 1. The third kappa shape index (κ3) is 3.85. The summed E-state index contributed by atoms with van der Waals surface area (Å²) in [6.07, 6.45) is -0.680. The molecule has 0 saturated heterocycles. The lowest BCUT2D eigenvalue weighted by Crippen LogP contribution is -2.01. The van der Waals surface area contributed by atoms with Crippen molar-refractivity contribution in [1.82, 2.24) is 0 Å². The van der Waals surface area contributed by atoms with Crippen molar-refractivity contribution in [1.29, 1.82) is 0 Å². The minimum atomic E-state index is -0.680. The number of aliphatic hydroxyl groups excluding tert-OH is 1. The molecule has 0 fully saturated rings. The van der Waals surface area contributed by atoms with Crippen molar-refractivity contribution in [2.45, 2.75) is 15.9 Å². The van der Waals surface area contributed by atoms with Crippen molar-refractivity contribution in [3.63, 3.8) is 0 Å². The molecule has 4 aromatic carbocycles. The minimum absolute atomic E-state index is 0.680. The van der Waals surface area contributed by atoms with Crippen LogP contribution in [0.15, 0.2) is 101 Å². The molecule has 0 aliphatic rings. The number of benzene rings is 4. The molecule has 1 unspecified atom stereocenters. The first kappa shape index (κ1) is 17.7. The largest absolute Gasteiger partial charge is 0.497 e. The Morgan fingerprint density at radius 3 is 2.26 bits per heavy atom. The fourth-order valence-corrected chi connectivity index (χ4v) is 4.14. The van der Waals surface area contributed by atoms with Crippen LogP contribution in [0.3, 0.4) is 0 Å². The zero-order valence-electron chi connectivity index (χ0n) is 15.0. The van der Waals surface area contributed by atoms with Gasteiger partial charge >= 0.3 is 0 Å². The molecule has 4 aromatic rings. The second-order valence-corrected chi connectivity index (χ2v) is 7.44. The molecule has 4 rings (SSSR count). The van der Waals surface area contributed by atoms with Crippen molar-refractivity contribution in [2.24, 2.45) is 0 Å². The fourth-order valence-electron chi connectivity index (χ4n) is 3.12. The number of aliphatic hydroxyl groups is 1. The summed E-state index contributed by atoms with van der Waals surface area (Å²) in [5.41, 5.74) is 1.75. The molecule has 0 bridgehead atoms. The van der Waals surface area contributed by atoms with E-state index in [1.165, 1.54) is 10.8 Å². The Morgan fingerprint density at radius 2 is 1.48 bits per heavy atom. The van der Waals surface area contributed by atoms with Crippen molar-refractivity contribution < 1.29 is 9.84 Å². The van der Waals surface area contributed by atoms with Crippen molar-refractivity contribution in [3.05, 3.63) is 102 Å². The van der Waals surface area contributed by atoms with E-state index in [0.717, 1.165) is 26.7 Å². The van der Waals surface area contributed by atoms with E-state index in [0.29, 0.717) is 0 Å². The Balaban J connectivity index is 1.65. The third-order valence-corrected chi connectivity index (χ3v) is 5.68. The molecular formula is C24H20O2S. The van der Waals surface area contributed by atoms with Crippen LogP contribution < -0.4 is 4.74 Å². The summed E-state index contributed by atoms with van der Waals surface area (Å²) in [7, 11) is 1.64. The van der Waals surface area contributed by atoms with Crippen LogP contribution in [0.2, 0.25) is 0 Å². The summed E-state index contributed by atoms with van der Waals surface area (Å²) in [5, 5.41) is 13.4. The summed E-state index contributed by atoms with van der Waals surface area (Å²) in [4.78, 5) is 2.21. The predicted octanol–water partition coefficient (Wildman–Crippen LogP) is 6.08. The second-order valence-electron chi connectivity index (χ2n) is 6.32. The van der Waals surface area contributed by atoms with Gasteiger partial charge in [-0.15, -0.1) is 0 Å². The normalized spacial score (nSPS) is 12.1. The number of ether oxygens (including phenoxy) is 1. The van der Waals surface area contributed by atoms with Gasteiger partial charge in [-0.2, -0.15) is 0 Å². The highest BCUT2D eigenvalue weighted by atomic mass is 32.2. The number of hydrogen-bond donors (Lipinski definition) is 1. The highest BCUT2D eigenvalue weighted by Crippen LogP contribution is 2.36. The summed E-state index contributed by atoms with van der Waals surface area (Å²) in [5.74, 6) is 0.782. The summed E-state index contributed by atoms with van der Waals surface area (Å²) in [6.45, 7) is 0. The smallest absolute Gasteiger partial charge is 0.118 e. The fraction of sp³-hybridized carbons (Fsp3) is 0.0833.